The van der Waals surface area contributed by atoms with Crippen molar-refractivity contribution in [2.75, 3.05) is 27.2 Å². The fourth-order valence-electron chi connectivity index (χ4n) is 3.24. The predicted octanol–water partition coefficient (Wildman–Crippen LogP) is 4.12. The number of nitrogens with zero attached hydrogens (tertiary/aromatic N) is 2. The maximum absolute atomic E-state index is 13.0. The van der Waals surface area contributed by atoms with Crippen molar-refractivity contribution in [3.63, 3.8) is 0 Å². The number of halogens is 2. The Hall–Kier alpha value is -2.28. The van der Waals surface area contributed by atoms with Gasteiger partial charge in [-0.2, -0.15) is 0 Å². The second kappa shape index (κ2) is 8.39. The van der Waals surface area contributed by atoms with Gasteiger partial charge >= 0.3 is 0 Å². The average Bonchev–Trinajstić information content (AvgIpc) is 3.26. The lowest BCUT2D eigenvalue weighted by Crippen LogP contribution is -2.33. The maximum atomic E-state index is 13.0. The highest BCUT2D eigenvalue weighted by Gasteiger charge is 2.44. The zero-order valence-corrected chi connectivity index (χ0v) is 17.0. The number of aliphatic hydroxyl groups is 1. The Bertz CT molecular complexity index is 922. The summed E-state index contributed by atoms with van der Waals surface area (Å²) in [5.41, 5.74) is 0.565. The summed E-state index contributed by atoms with van der Waals surface area (Å²) in [5.74, 6) is -1.65. The molecule has 6 nitrogen and oxygen atoms in total. The first-order valence-electron chi connectivity index (χ1n) is 8.73. The van der Waals surface area contributed by atoms with Gasteiger partial charge in [0, 0.05) is 6.54 Å². The molecule has 0 aliphatic carbocycles. The van der Waals surface area contributed by atoms with Gasteiger partial charge in [-0.3, -0.25) is 9.59 Å². The molecule has 2 heterocycles. The molecule has 3 rings (SSSR count). The third-order valence-corrected chi connectivity index (χ3v) is 5.30. The van der Waals surface area contributed by atoms with Crippen LogP contribution in [0.5, 0.6) is 0 Å². The van der Waals surface area contributed by atoms with Crippen molar-refractivity contribution in [3.05, 3.63) is 69.3 Å². The summed E-state index contributed by atoms with van der Waals surface area (Å²) >= 11 is 12.2. The van der Waals surface area contributed by atoms with Crippen LogP contribution in [0.2, 0.25) is 10.0 Å². The van der Waals surface area contributed by atoms with Crippen LogP contribution < -0.4 is 0 Å². The van der Waals surface area contributed by atoms with Crippen LogP contribution in [-0.4, -0.2) is 53.8 Å². The highest BCUT2D eigenvalue weighted by Crippen LogP contribution is 2.40. The predicted molar refractivity (Wildman–Crippen MR) is 107 cm³/mol. The first-order chi connectivity index (χ1) is 13.3. The van der Waals surface area contributed by atoms with Gasteiger partial charge in [-0.15, -0.1) is 0 Å². The monoisotopic (exact) mass is 422 g/mol. The Kier molecular flexibility index (Phi) is 6.13. The van der Waals surface area contributed by atoms with E-state index in [-0.39, 0.29) is 11.3 Å². The van der Waals surface area contributed by atoms with E-state index in [0.29, 0.717) is 28.6 Å². The van der Waals surface area contributed by atoms with Crippen molar-refractivity contribution >= 4 is 34.9 Å². The van der Waals surface area contributed by atoms with Gasteiger partial charge in [0.2, 0.25) is 5.78 Å². The number of ketones is 1. The van der Waals surface area contributed by atoms with Gasteiger partial charge in [0.05, 0.1) is 27.9 Å². The Labute approximate surface area is 172 Å². The average molecular weight is 423 g/mol. The Morgan fingerprint density at radius 3 is 2.61 bits per heavy atom. The molecule has 0 bridgehead atoms. The van der Waals surface area contributed by atoms with Crippen molar-refractivity contribution in [3.8, 4) is 0 Å². The van der Waals surface area contributed by atoms with Crippen molar-refractivity contribution < 1.29 is 19.1 Å². The number of carbonyl (C=O) groups excluding carboxylic acids is 2. The SMILES string of the molecule is CN(C)CCCN1C(=O)C(O)=C(C(=O)c2ccco2)[C@H]1c1ccc(Cl)c(Cl)c1. The molecule has 28 heavy (non-hydrogen) atoms. The van der Waals surface area contributed by atoms with Gasteiger partial charge in [0.25, 0.3) is 5.91 Å². The summed E-state index contributed by atoms with van der Waals surface area (Å²) in [6.45, 7) is 1.11. The lowest BCUT2D eigenvalue weighted by atomic mass is 9.95. The number of carbonyl (C=O) groups is 2. The molecule has 0 radical (unpaired) electrons. The summed E-state index contributed by atoms with van der Waals surface area (Å²) < 4.78 is 5.19. The molecule has 0 spiro atoms. The number of Topliss-reactive ketones (excluding diaryl/α,β-unsaturated/α-hetero) is 1. The van der Waals surface area contributed by atoms with Crippen LogP contribution in [0.4, 0.5) is 0 Å². The van der Waals surface area contributed by atoms with E-state index >= 15 is 0 Å². The standard InChI is InChI=1S/C20H20Cl2N2O4/c1-23(2)8-4-9-24-17(12-6-7-13(21)14(22)11-12)16(19(26)20(24)27)18(25)15-5-3-10-28-15/h3,5-7,10-11,17,26H,4,8-9H2,1-2H3/t17-/m1/s1. The summed E-state index contributed by atoms with van der Waals surface area (Å²) in [7, 11) is 3.87. The van der Waals surface area contributed by atoms with E-state index < -0.39 is 23.5 Å². The number of rotatable bonds is 7. The smallest absolute Gasteiger partial charge is 0.290 e. The molecule has 0 saturated heterocycles. The number of hydrogen-bond acceptors (Lipinski definition) is 5. The minimum Gasteiger partial charge on any atom is -0.503 e. The number of amides is 1. The van der Waals surface area contributed by atoms with E-state index in [1.807, 2.05) is 19.0 Å². The van der Waals surface area contributed by atoms with Crippen LogP contribution in [0.1, 0.15) is 28.6 Å². The summed E-state index contributed by atoms with van der Waals surface area (Å²) in [4.78, 5) is 29.2. The normalized spacial score (nSPS) is 17.1. The van der Waals surface area contributed by atoms with E-state index in [0.717, 1.165) is 6.54 Å². The van der Waals surface area contributed by atoms with Crippen LogP contribution >= 0.6 is 23.2 Å². The van der Waals surface area contributed by atoms with Crippen LogP contribution in [-0.2, 0) is 4.79 Å². The molecule has 1 aliphatic heterocycles. The third kappa shape index (κ3) is 3.94. The lowest BCUT2D eigenvalue weighted by Gasteiger charge is -2.27. The van der Waals surface area contributed by atoms with Crippen molar-refractivity contribution in [1.29, 1.82) is 0 Å². The van der Waals surface area contributed by atoms with E-state index in [9.17, 15) is 14.7 Å². The number of furan rings is 1. The summed E-state index contributed by atoms with van der Waals surface area (Å²) in [5, 5.41) is 11.2. The second-order valence-electron chi connectivity index (χ2n) is 6.80. The van der Waals surface area contributed by atoms with E-state index in [1.165, 1.54) is 17.2 Å². The molecule has 1 aromatic heterocycles. The van der Waals surface area contributed by atoms with Gasteiger partial charge in [-0.25, -0.2) is 0 Å². The van der Waals surface area contributed by atoms with Gasteiger partial charge in [-0.05, 0) is 56.9 Å². The van der Waals surface area contributed by atoms with E-state index in [4.69, 9.17) is 27.6 Å². The molecule has 1 aliphatic rings. The minimum absolute atomic E-state index is 0.0248. The van der Waals surface area contributed by atoms with Crippen LogP contribution in [0.3, 0.4) is 0 Å². The highest BCUT2D eigenvalue weighted by atomic mass is 35.5. The molecular formula is C20H20Cl2N2O4. The first-order valence-corrected chi connectivity index (χ1v) is 9.48. The van der Waals surface area contributed by atoms with Gasteiger partial charge in [-0.1, -0.05) is 29.3 Å². The molecule has 1 aromatic carbocycles. The number of hydrogen-bond donors (Lipinski definition) is 1. The van der Waals surface area contributed by atoms with E-state index in [1.54, 1.807) is 24.3 Å². The summed E-state index contributed by atoms with van der Waals surface area (Å²) in [6.07, 6.45) is 2.04. The van der Waals surface area contributed by atoms with Gasteiger partial charge in [0.15, 0.2) is 11.5 Å². The molecular weight excluding hydrogens is 403 g/mol. The van der Waals surface area contributed by atoms with Crippen molar-refractivity contribution in [2.24, 2.45) is 0 Å². The zero-order chi connectivity index (χ0) is 20.4. The third-order valence-electron chi connectivity index (χ3n) is 4.56. The Morgan fingerprint density at radius 1 is 1.25 bits per heavy atom. The molecule has 1 amide bonds. The van der Waals surface area contributed by atoms with Gasteiger partial charge < -0.3 is 19.3 Å². The Morgan fingerprint density at radius 2 is 2.00 bits per heavy atom. The van der Waals surface area contributed by atoms with Crippen LogP contribution in [0, 0.1) is 0 Å². The van der Waals surface area contributed by atoms with E-state index in [2.05, 4.69) is 0 Å². The fourth-order valence-corrected chi connectivity index (χ4v) is 3.55. The molecule has 0 unspecified atom stereocenters. The molecule has 2 aromatic rings. The molecule has 0 fully saturated rings. The van der Waals surface area contributed by atoms with Crippen molar-refractivity contribution in [2.45, 2.75) is 12.5 Å². The quantitative estimate of drug-likeness (QED) is 0.679. The minimum atomic E-state index is -0.776. The molecule has 1 atom stereocenters. The molecule has 148 valence electrons. The molecule has 0 saturated carbocycles. The topological polar surface area (TPSA) is 74.0 Å². The number of aliphatic hydroxyl groups excluding tert-OH is 1. The van der Waals surface area contributed by atoms with Crippen LogP contribution in [0.25, 0.3) is 0 Å². The Balaban J connectivity index is 2.03. The van der Waals surface area contributed by atoms with Gasteiger partial charge in [0.1, 0.15) is 0 Å². The molecule has 8 heteroatoms. The lowest BCUT2D eigenvalue weighted by molar-refractivity contribution is -0.129. The molecule has 1 N–H and O–H groups in total. The zero-order valence-electron chi connectivity index (χ0n) is 15.5. The second-order valence-corrected chi connectivity index (χ2v) is 7.61. The largest absolute Gasteiger partial charge is 0.503 e. The summed E-state index contributed by atoms with van der Waals surface area (Å²) in [6, 6.07) is 7.19. The van der Waals surface area contributed by atoms with Crippen molar-refractivity contribution in [1.82, 2.24) is 9.80 Å². The van der Waals surface area contributed by atoms with Crippen LogP contribution in [0.15, 0.2) is 52.3 Å². The maximum Gasteiger partial charge on any atom is 0.290 e. The first kappa shape index (κ1) is 20.5. The highest BCUT2D eigenvalue weighted by molar-refractivity contribution is 6.42. The number of benzene rings is 1. The fraction of sp³-hybridized carbons (Fsp3) is 0.300.